The van der Waals surface area contributed by atoms with Crippen LogP contribution in [-0.4, -0.2) is 9.38 Å². The van der Waals surface area contributed by atoms with E-state index in [1.165, 1.54) is 15.7 Å². The Morgan fingerprint density at radius 1 is 1.40 bits per heavy atom. The van der Waals surface area contributed by atoms with Crippen molar-refractivity contribution in [1.82, 2.24) is 9.38 Å². The maximum atomic E-state index is 12.1. The van der Waals surface area contributed by atoms with E-state index in [-0.39, 0.29) is 5.56 Å². The lowest BCUT2D eigenvalue weighted by Gasteiger charge is -2.13. The minimum absolute atomic E-state index is 0.0356. The standard InChI is InChI=1S/C10H11N3OS/c11-8-5-15-10-12-7-4-2-1-3-6(7)9(14)13(8)10/h5H,1-4,11H2. The van der Waals surface area contributed by atoms with E-state index in [9.17, 15) is 4.79 Å². The topological polar surface area (TPSA) is 60.4 Å². The van der Waals surface area contributed by atoms with Crippen LogP contribution in [0.4, 0.5) is 5.82 Å². The van der Waals surface area contributed by atoms with Crippen molar-refractivity contribution in [3.8, 4) is 0 Å². The molecule has 2 aromatic heterocycles. The highest BCUT2D eigenvalue weighted by Gasteiger charge is 2.17. The number of aromatic nitrogens is 2. The van der Waals surface area contributed by atoms with Gasteiger partial charge in [-0.25, -0.2) is 9.38 Å². The third kappa shape index (κ3) is 1.19. The molecule has 0 saturated heterocycles. The minimum Gasteiger partial charge on any atom is -0.384 e. The molecule has 0 fully saturated rings. The molecule has 0 saturated carbocycles. The van der Waals surface area contributed by atoms with Gasteiger partial charge < -0.3 is 5.73 Å². The van der Waals surface area contributed by atoms with Crippen molar-refractivity contribution in [2.45, 2.75) is 25.7 Å². The lowest BCUT2D eigenvalue weighted by atomic mass is 9.97. The van der Waals surface area contributed by atoms with Crippen LogP contribution < -0.4 is 11.3 Å². The molecular formula is C10H11N3OS. The fourth-order valence-corrected chi connectivity index (χ4v) is 2.89. The first-order valence-corrected chi connectivity index (χ1v) is 5.93. The number of fused-ring (bicyclic) bond motifs is 2. The summed E-state index contributed by atoms with van der Waals surface area (Å²) in [6.45, 7) is 0. The van der Waals surface area contributed by atoms with Gasteiger partial charge in [-0.3, -0.25) is 4.79 Å². The summed E-state index contributed by atoms with van der Waals surface area (Å²) in [5.74, 6) is 0.501. The molecule has 78 valence electrons. The molecule has 2 aromatic rings. The number of hydrogen-bond donors (Lipinski definition) is 1. The third-order valence-electron chi connectivity index (χ3n) is 2.87. The van der Waals surface area contributed by atoms with Crippen LogP contribution in [0, 0.1) is 0 Å². The van der Waals surface area contributed by atoms with E-state index >= 15 is 0 Å². The quantitative estimate of drug-likeness (QED) is 0.727. The van der Waals surface area contributed by atoms with Crippen molar-refractivity contribution in [1.29, 1.82) is 0 Å². The van der Waals surface area contributed by atoms with Gasteiger partial charge >= 0.3 is 0 Å². The van der Waals surface area contributed by atoms with Crippen LogP contribution in [-0.2, 0) is 12.8 Å². The average Bonchev–Trinajstić information content (AvgIpc) is 2.61. The summed E-state index contributed by atoms with van der Waals surface area (Å²) in [5, 5.41) is 1.77. The van der Waals surface area contributed by atoms with Crippen LogP contribution in [0.25, 0.3) is 4.96 Å². The molecule has 0 radical (unpaired) electrons. The number of nitrogens with zero attached hydrogens (tertiary/aromatic N) is 2. The van der Waals surface area contributed by atoms with Gasteiger partial charge in [0.25, 0.3) is 5.56 Å². The zero-order chi connectivity index (χ0) is 10.4. The Kier molecular flexibility index (Phi) is 1.82. The van der Waals surface area contributed by atoms with E-state index in [4.69, 9.17) is 5.73 Å². The Bertz CT molecular complexity index is 584. The Balaban J connectivity index is 2.44. The third-order valence-corrected chi connectivity index (χ3v) is 3.71. The first-order chi connectivity index (χ1) is 7.27. The van der Waals surface area contributed by atoms with Gasteiger partial charge in [-0.05, 0) is 25.7 Å². The number of thiazole rings is 1. The summed E-state index contributed by atoms with van der Waals surface area (Å²) in [6.07, 6.45) is 3.99. The first kappa shape index (κ1) is 8.91. The second-order valence-corrected chi connectivity index (χ2v) is 4.66. The molecule has 0 amide bonds. The predicted molar refractivity (Wildman–Crippen MR) is 60.4 cm³/mol. The largest absolute Gasteiger partial charge is 0.384 e. The van der Waals surface area contributed by atoms with Crippen molar-refractivity contribution < 1.29 is 0 Å². The zero-order valence-corrected chi connectivity index (χ0v) is 9.01. The second kappa shape index (κ2) is 3.06. The van der Waals surface area contributed by atoms with E-state index in [1.807, 2.05) is 0 Å². The number of hydrogen-bond acceptors (Lipinski definition) is 4. The summed E-state index contributed by atoms with van der Waals surface area (Å²) >= 11 is 1.43. The highest BCUT2D eigenvalue weighted by atomic mass is 32.1. The maximum absolute atomic E-state index is 12.1. The monoisotopic (exact) mass is 221 g/mol. The maximum Gasteiger partial charge on any atom is 0.263 e. The molecule has 4 nitrogen and oxygen atoms in total. The van der Waals surface area contributed by atoms with E-state index in [0.29, 0.717) is 5.82 Å². The number of aryl methyl sites for hydroxylation is 1. The summed E-state index contributed by atoms with van der Waals surface area (Å²) in [6, 6.07) is 0. The van der Waals surface area contributed by atoms with Crippen LogP contribution in [0.15, 0.2) is 10.2 Å². The van der Waals surface area contributed by atoms with Gasteiger partial charge in [0.1, 0.15) is 5.82 Å². The molecule has 0 atom stereocenters. The fraction of sp³-hybridized carbons (Fsp3) is 0.400. The van der Waals surface area contributed by atoms with Crippen LogP contribution in [0.2, 0.25) is 0 Å². The molecule has 1 aliphatic rings. The van der Waals surface area contributed by atoms with Gasteiger partial charge in [0.15, 0.2) is 4.96 Å². The Labute approximate surface area is 90.4 Å². The molecule has 3 rings (SSSR count). The van der Waals surface area contributed by atoms with Gasteiger partial charge in [-0.15, -0.1) is 11.3 Å². The van der Waals surface area contributed by atoms with Gasteiger partial charge in [0.2, 0.25) is 0 Å². The Morgan fingerprint density at radius 3 is 3.07 bits per heavy atom. The van der Waals surface area contributed by atoms with Gasteiger partial charge in [0, 0.05) is 10.9 Å². The fourth-order valence-electron chi connectivity index (χ4n) is 2.10. The molecule has 2 N–H and O–H groups in total. The van der Waals surface area contributed by atoms with Crippen molar-refractivity contribution in [3.05, 3.63) is 27.0 Å². The van der Waals surface area contributed by atoms with Crippen LogP contribution in [0.5, 0.6) is 0 Å². The van der Waals surface area contributed by atoms with Gasteiger partial charge in [-0.2, -0.15) is 0 Å². The summed E-state index contributed by atoms with van der Waals surface area (Å²) in [7, 11) is 0. The highest BCUT2D eigenvalue weighted by molar-refractivity contribution is 7.15. The predicted octanol–water partition coefficient (Wildman–Crippen LogP) is 1.22. The van der Waals surface area contributed by atoms with Crippen molar-refractivity contribution in [3.63, 3.8) is 0 Å². The molecule has 0 aromatic carbocycles. The van der Waals surface area contributed by atoms with Gasteiger partial charge in [-0.1, -0.05) is 0 Å². The summed E-state index contributed by atoms with van der Waals surface area (Å²) in [4.78, 5) is 17.3. The van der Waals surface area contributed by atoms with E-state index in [2.05, 4.69) is 4.98 Å². The molecular weight excluding hydrogens is 210 g/mol. The van der Waals surface area contributed by atoms with E-state index in [0.717, 1.165) is 41.9 Å². The number of nitrogen functional groups attached to an aromatic ring is 1. The number of rotatable bonds is 0. The van der Waals surface area contributed by atoms with Crippen molar-refractivity contribution in [2.24, 2.45) is 0 Å². The first-order valence-electron chi connectivity index (χ1n) is 5.05. The molecule has 5 heteroatoms. The van der Waals surface area contributed by atoms with Crippen molar-refractivity contribution in [2.75, 3.05) is 5.73 Å². The highest BCUT2D eigenvalue weighted by Crippen LogP contribution is 2.20. The van der Waals surface area contributed by atoms with E-state index < -0.39 is 0 Å². The zero-order valence-electron chi connectivity index (χ0n) is 8.19. The smallest absolute Gasteiger partial charge is 0.263 e. The lowest BCUT2D eigenvalue weighted by Crippen LogP contribution is -2.24. The minimum atomic E-state index is 0.0356. The Hall–Kier alpha value is -1.36. The summed E-state index contributed by atoms with van der Waals surface area (Å²) in [5.41, 5.74) is 7.62. The number of nitrogens with two attached hydrogens (primary N) is 1. The molecule has 15 heavy (non-hydrogen) atoms. The molecule has 0 spiro atoms. The van der Waals surface area contributed by atoms with Crippen molar-refractivity contribution >= 4 is 22.1 Å². The van der Waals surface area contributed by atoms with Gasteiger partial charge in [0.05, 0.1) is 5.69 Å². The number of anilines is 1. The van der Waals surface area contributed by atoms with Crippen LogP contribution in [0.1, 0.15) is 24.1 Å². The van der Waals surface area contributed by atoms with Crippen LogP contribution >= 0.6 is 11.3 Å². The second-order valence-electron chi connectivity index (χ2n) is 3.83. The normalized spacial score (nSPS) is 15.5. The van der Waals surface area contributed by atoms with E-state index in [1.54, 1.807) is 5.38 Å². The Morgan fingerprint density at radius 2 is 2.20 bits per heavy atom. The molecule has 0 bridgehead atoms. The SMILES string of the molecule is Nc1csc2nc3c(c(=O)n12)CCCC3. The molecule has 2 heterocycles. The average molecular weight is 221 g/mol. The lowest BCUT2D eigenvalue weighted by molar-refractivity contribution is 0.658. The van der Waals surface area contributed by atoms with Crippen LogP contribution in [0.3, 0.4) is 0 Å². The molecule has 0 unspecified atom stereocenters. The molecule has 1 aliphatic carbocycles. The molecule has 0 aliphatic heterocycles. The summed E-state index contributed by atoms with van der Waals surface area (Å²) < 4.78 is 1.52.